The van der Waals surface area contributed by atoms with Gasteiger partial charge in [-0.15, -0.1) is 5.10 Å². The maximum Gasteiger partial charge on any atom is 0.269 e. The van der Waals surface area contributed by atoms with E-state index in [2.05, 4.69) is 39.9 Å². The van der Waals surface area contributed by atoms with Crippen LogP contribution in [0.2, 0.25) is 0 Å². The summed E-state index contributed by atoms with van der Waals surface area (Å²) in [6.45, 7) is 6.77. The van der Waals surface area contributed by atoms with Crippen LogP contribution in [-0.2, 0) is 11.3 Å². The highest BCUT2D eigenvalue weighted by Crippen LogP contribution is 2.18. The van der Waals surface area contributed by atoms with Crippen molar-refractivity contribution in [3.63, 3.8) is 0 Å². The maximum absolute atomic E-state index is 11.9. The number of amides is 1. The number of benzene rings is 1. The average molecular weight is 362 g/mol. The lowest BCUT2D eigenvalue weighted by Gasteiger charge is -2.09. The van der Waals surface area contributed by atoms with Crippen molar-refractivity contribution in [1.29, 1.82) is 0 Å². The molecule has 1 aromatic heterocycles. The van der Waals surface area contributed by atoms with Crippen LogP contribution in [-0.4, -0.2) is 37.8 Å². The Kier molecular flexibility index (Phi) is 6.81. The van der Waals surface area contributed by atoms with Crippen molar-refractivity contribution < 1.29 is 9.53 Å². The molecule has 0 fully saturated rings. The number of nitrogens with zero attached hydrogens (tertiary/aromatic N) is 4. The first-order valence-electron chi connectivity index (χ1n) is 8.09. The van der Waals surface area contributed by atoms with E-state index in [1.807, 2.05) is 31.2 Å². The number of ether oxygens (including phenoxy) is 1. The minimum atomic E-state index is -0.369. The molecule has 0 saturated heterocycles. The summed E-state index contributed by atoms with van der Waals surface area (Å²) in [6, 6.07) is 7.65. The van der Waals surface area contributed by atoms with E-state index in [1.54, 1.807) is 0 Å². The summed E-state index contributed by atoms with van der Waals surface area (Å²) in [4.78, 5) is 13.3. The van der Waals surface area contributed by atoms with Crippen LogP contribution < -0.4 is 15.4 Å². The van der Waals surface area contributed by atoms with Gasteiger partial charge in [0.25, 0.3) is 11.9 Å². The molecule has 1 heterocycles. The first-order chi connectivity index (χ1) is 12.0. The van der Waals surface area contributed by atoms with E-state index in [0.717, 1.165) is 6.42 Å². The third kappa shape index (κ3) is 6.11. The molecule has 25 heavy (non-hydrogen) atoms. The molecule has 2 N–H and O–H groups in total. The highest BCUT2D eigenvalue weighted by Gasteiger charge is 2.09. The van der Waals surface area contributed by atoms with Crippen LogP contribution in [0.3, 0.4) is 0 Å². The van der Waals surface area contributed by atoms with Crippen LogP contribution in [0.25, 0.3) is 0 Å². The molecule has 0 aliphatic heterocycles. The van der Waals surface area contributed by atoms with Gasteiger partial charge in [-0.1, -0.05) is 38.0 Å². The third-order valence-electron chi connectivity index (χ3n) is 3.27. The van der Waals surface area contributed by atoms with E-state index in [1.165, 1.54) is 10.4 Å². The molecular weight excluding hydrogens is 340 g/mol. The SMILES string of the molecule is CCCn1nnc(NC(=S)NC(=O)COc2ccc(C(C)C)cc2)n1. The second-order valence-electron chi connectivity index (χ2n) is 5.72. The lowest BCUT2D eigenvalue weighted by molar-refractivity contribution is -0.121. The highest BCUT2D eigenvalue weighted by atomic mass is 32.1. The number of carbonyl (C=O) groups excluding carboxylic acids is 1. The summed E-state index contributed by atoms with van der Waals surface area (Å²) in [5.74, 6) is 0.947. The summed E-state index contributed by atoms with van der Waals surface area (Å²) >= 11 is 5.05. The second kappa shape index (κ2) is 9.07. The Morgan fingerprint density at radius 3 is 2.68 bits per heavy atom. The van der Waals surface area contributed by atoms with Crippen molar-refractivity contribution in [2.75, 3.05) is 11.9 Å². The fourth-order valence-corrected chi connectivity index (χ4v) is 2.19. The van der Waals surface area contributed by atoms with Gasteiger partial charge in [0.2, 0.25) is 0 Å². The van der Waals surface area contributed by atoms with Crippen molar-refractivity contribution in [2.24, 2.45) is 0 Å². The molecule has 9 heteroatoms. The number of hydrogen-bond donors (Lipinski definition) is 2. The number of aryl methyl sites for hydroxylation is 1. The van der Waals surface area contributed by atoms with E-state index in [0.29, 0.717) is 18.2 Å². The smallest absolute Gasteiger partial charge is 0.269 e. The van der Waals surface area contributed by atoms with Crippen molar-refractivity contribution in [1.82, 2.24) is 25.5 Å². The molecule has 2 aromatic rings. The van der Waals surface area contributed by atoms with Gasteiger partial charge < -0.3 is 4.74 Å². The second-order valence-corrected chi connectivity index (χ2v) is 6.13. The molecule has 2 rings (SSSR count). The lowest BCUT2D eigenvalue weighted by Crippen LogP contribution is -2.37. The van der Waals surface area contributed by atoms with Gasteiger partial charge in [0.15, 0.2) is 11.7 Å². The Balaban J connectivity index is 1.76. The molecule has 0 aliphatic carbocycles. The molecule has 0 bridgehead atoms. The Morgan fingerprint density at radius 1 is 1.32 bits per heavy atom. The Morgan fingerprint density at radius 2 is 2.04 bits per heavy atom. The quantitative estimate of drug-likeness (QED) is 0.728. The van der Waals surface area contributed by atoms with Gasteiger partial charge in [0.1, 0.15) is 5.75 Å². The monoisotopic (exact) mass is 362 g/mol. The molecule has 134 valence electrons. The lowest BCUT2D eigenvalue weighted by atomic mass is 10.0. The molecule has 0 aliphatic rings. The normalized spacial score (nSPS) is 10.6. The summed E-state index contributed by atoms with van der Waals surface area (Å²) in [5.41, 5.74) is 1.21. The van der Waals surface area contributed by atoms with E-state index in [-0.39, 0.29) is 23.6 Å². The van der Waals surface area contributed by atoms with E-state index in [4.69, 9.17) is 17.0 Å². The number of aromatic nitrogens is 4. The predicted octanol–water partition coefficient (Wildman–Crippen LogP) is 2.10. The Labute approximate surface area is 151 Å². The van der Waals surface area contributed by atoms with Gasteiger partial charge in [0, 0.05) is 0 Å². The number of anilines is 1. The molecule has 0 spiro atoms. The first-order valence-corrected chi connectivity index (χ1v) is 8.50. The highest BCUT2D eigenvalue weighted by molar-refractivity contribution is 7.80. The van der Waals surface area contributed by atoms with Crippen molar-refractivity contribution in [2.45, 2.75) is 39.7 Å². The van der Waals surface area contributed by atoms with Crippen LogP contribution in [0.1, 0.15) is 38.7 Å². The van der Waals surface area contributed by atoms with E-state index in [9.17, 15) is 4.79 Å². The van der Waals surface area contributed by atoms with E-state index < -0.39 is 0 Å². The number of carbonyl (C=O) groups is 1. The van der Waals surface area contributed by atoms with Crippen molar-refractivity contribution in [3.05, 3.63) is 29.8 Å². The van der Waals surface area contributed by atoms with Gasteiger partial charge in [-0.3, -0.25) is 15.4 Å². The van der Waals surface area contributed by atoms with Gasteiger partial charge in [-0.25, -0.2) is 0 Å². The zero-order valence-corrected chi connectivity index (χ0v) is 15.3. The topological polar surface area (TPSA) is 94.0 Å². The van der Waals surface area contributed by atoms with Crippen LogP contribution in [0.4, 0.5) is 5.95 Å². The van der Waals surface area contributed by atoms with Crippen LogP contribution >= 0.6 is 12.2 Å². The number of nitrogens with one attached hydrogen (secondary N) is 2. The molecule has 1 amide bonds. The van der Waals surface area contributed by atoms with Crippen LogP contribution in [0.5, 0.6) is 5.75 Å². The summed E-state index contributed by atoms with van der Waals surface area (Å²) < 4.78 is 5.44. The number of thiocarbonyl (C=S) groups is 1. The fraction of sp³-hybridized carbons (Fsp3) is 0.438. The molecule has 0 saturated carbocycles. The molecule has 0 atom stereocenters. The zero-order valence-electron chi connectivity index (χ0n) is 14.5. The molecule has 1 aromatic carbocycles. The predicted molar refractivity (Wildman–Crippen MR) is 98.5 cm³/mol. The zero-order chi connectivity index (χ0) is 18.2. The number of tetrazole rings is 1. The third-order valence-corrected chi connectivity index (χ3v) is 3.48. The molecule has 8 nitrogen and oxygen atoms in total. The molecular formula is C16H22N6O2S. The minimum Gasteiger partial charge on any atom is -0.484 e. The maximum atomic E-state index is 11.9. The largest absolute Gasteiger partial charge is 0.484 e. The standard InChI is InChI=1S/C16H22N6O2S/c1-4-9-22-20-15(19-21-22)18-16(25)17-14(23)10-24-13-7-5-12(6-8-13)11(2)3/h5-8,11H,4,9-10H2,1-3H3,(H2,17,18,20,23,25). The summed E-state index contributed by atoms with van der Waals surface area (Å²) in [6.07, 6.45) is 0.895. The van der Waals surface area contributed by atoms with Gasteiger partial charge >= 0.3 is 0 Å². The Hall–Kier alpha value is -2.55. The van der Waals surface area contributed by atoms with Crippen molar-refractivity contribution in [3.8, 4) is 5.75 Å². The van der Waals surface area contributed by atoms with Crippen LogP contribution in [0, 0.1) is 0 Å². The van der Waals surface area contributed by atoms with Gasteiger partial charge in [-0.2, -0.15) is 4.80 Å². The Bertz CT molecular complexity index is 714. The molecule has 0 unspecified atom stereocenters. The number of rotatable bonds is 7. The molecule has 0 radical (unpaired) electrons. The number of hydrogen-bond acceptors (Lipinski definition) is 6. The van der Waals surface area contributed by atoms with Gasteiger partial charge in [-0.05, 0) is 47.5 Å². The summed E-state index contributed by atoms with van der Waals surface area (Å²) in [7, 11) is 0. The van der Waals surface area contributed by atoms with Crippen molar-refractivity contribution >= 4 is 29.2 Å². The van der Waals surface area contributed by atoms with E-state index >= 15 is 0 Å². The fourth-order valence-electron chi connectivity index (χ4n) is 1.98. The average Bonchev–Trinajstić information content (AvgIpc) is 3.00. The summed E-state index contributed by atoms with van der Waals surface area (Å²) in [5, 5.41) is 17.0. The minimum absolute atomic E-state index is 0.0970. The van der Waals surface area contributed by atoms with Crippen LogP contribution in [0.15, 0.2) is 24.3 Å². The van der Waals surface area contributed by atoms with Gasteiger partial charge in [0.05, 0.1) is 6.54 Å². The first kappa shape index (κ1) is 18.8.